The van der Waals surface area contributed by atoms with Crippen LogP contribution in [0.4, 0.5) is 28.9 Å². The van der Waals surface area contributed by atoms with Crippen LogP contribution in [0.2, 0.25) is 0 Å². The highest BCUT2D eigenvalue weighted by Crippen LogP contribution is 2.30. The number of rotatable bonds is 6. The Morgan fingerprint density at radius 3 is 2.38 bits per heavy atom. The number of nitro benzene ring substituents is 1. The summed E-state index contributed by atoms with van der Waals surface area (Å²) in [4.78, 5) is 9.40. The van der Waals surface area contributed by atoms with Crippen molar-refractivity contribution in [3.63, 3.8) is 0 Å². The molecule has 0 aliphatic heterocycles. The largest absolute Gasteiger partial charge is 0.373 e. The van der Waals surface area contributed by atoms with Crippen molar-refractivity contribution in [1.82, 2.24) is 0 Å². The zero-order chi connectivity index (χ0) is 16.4. The number of nitrogens with one attached hydrogen (secondary N) is 1. The molecule has 0 saturated heterocycles. The Hall–Kier alpha value is -1.91. The number of alkyl halides is 4. The van der Waals surface area contributed by atoms with Gasteiger partial charge < -0.3 is 5.32 Å². The summed E-state index contributed by atoms with van der Waals surface area (Å²) in [6.45, 7) is -1.52. The van der Waals surface area contributed by atoms with Crippen LogP contribution in [0.1, 0.15) is 0 Å². The number of sulfone groups is 1. The third-order valence-corrected chi connectivity index (χ3v) is 3.54. The van der Waals surface area contributed by atoms with Crippen LogP contribution in [-0.4, -0.2) is 38.5 Å². The van der Waals surface area contributed by atoms with Gasteiger partial charge in [0.2, 0.25) is 0 Å². The molecule has 1 rings (SSSR count). The van der Waals surface area contributed by atoms with E-state index in [9.17, 15) is 36.1 Å². The summed E-state index contributed by atoms with van der Waals surface area (Å²) in [5, 5.41) is 12.6. The fourth-order valence-corrected chi connectivity index (χ4v) is 1.97. The third kappa shape index (κ3) is 4.28. The first-order valence-electron chi connectivity index (χ1n) is 5.33. The van der Waals surface area contributed by atoms with E-state index in [1.54, 1.807) is 0 Å². The Balaban J connectivity index is 3.12. The van der Waals surface area contributed by atoms with Gasteiger partial charge in [0, 0.05) is 12.3 Å². The zero-order valence-electron chi connectivity index (χ0n) is 10.5. The minimum atomic E-state index is -4.37. The van der Waals surface area contributed by atoms with Gasteiger partial charge in [-0.05, 0) is 12.1 Å². The van der Waals surface area contributed by atoms with Crippen LogP contribution >= 0.6 is 0 Å². The minimum Gasteiger partial charge on any atom is -0.373 e. The first-order valence-corrected chi connectivity index (χ1v) is 7.22. The van der Waals surface area contributed by atoms with Gasteiger partial charge in [-0.25, -0.2) is 17.2 Å². The monoisotopic (exact) mass is 330 g/mol. The van der Waals surface area contributed by atoms with E-state index < -0.39 is 45.0 Å². The van der Waals surface area contributed by atoms with Crippen molar-refractivity contribution in [2.24, 2.45) is 0 Å². The van der Waals surface area contributed by atoms with Crippen molar-refractivity contribution in [3.05, 3.63) is 28.3 Å². The van der Waals surface area contributed by atoms with E-state index in [4.69, 9.17) is 0 Å². The summed E-state index contributed by atoms with van der Waals surface area (Å²) in [6, 6.07) is 2.49. The molecular formula is C10H10F4N2O4S. The van der Waals surface area contributed by atoms with Crippen LogP contribution in [0.25, 0.3) is 0 Å². The fourth-order valence-electron chi connectivity index (χ4n) is 1.33. The minimum absolute atomic E-state index is 0.389. The van der Waals surface area contributed by atoms with Crippen LogP contribution in [0, 0.1) is 10.1 Å². The van der Waals surface area contributed by atoms with Crippen LogP contribution in [0.15, 0.2) is 23.1 Å². The third-order valence-electron chi connectivity index (χ3n) is 2.43. The molecule has 0 aromatic heterocycles. The van der Waals surface area contributed by atoms with E-state index in [0.717, 1.165) is 18.4 Å². The lowest BCUT2D eigenvalue weighted by molar-refractivity contribution is -0.384. The smallest absolute Gasteiger partial charge is 0.324 e. The number of halogens is 4. The molecule has 11 heteroatoms. The number of nitrogens with zero attached hydrogens (tertiary/aromatic N) is 1. The molecule has 0 radical (unpaired) electrons. The average Bonchev–Trinajstić information content (AvgIpc) is 2.34. The highest BCUT2D eigenvalue weighted by atomic mass is 32.2. The molecule has 0 bridgehead atoms. The normalized spacial score (nSPS) is 12.5. The average molecular weight is 330 g/mol. The van der Waals surface area contributed by atoms with E-state index >= 15 is 0 Å². The maximum absolute atomic E-state index is 12.8. The van der Waals surface area contributed by atoms with Crippen molar-refractivity contribution in [3.8, 4) is 0 Å². The molecule has 0 spiro atoms. The number of hydrogen-bond donors (Lipinski definition) is 1. The second-order valence-electron chi connectivity index (χ2n) is 4.12. The Bertz CT molecular complexity index is 648. The Morgan fingerprint density at radius 1 is 1.38 bits per heavy atom. The quantitative estimate of drug-likeness (QED) is 0.491. The second kappa shape index (κ2) is 5.84. The van der Waals surface area contributed by atoms with Gasteiger partial charge in [0.15, 0.2) is 9.84 Å². The molecule has 0 aliphatic rings. The van der Waals surface area contributed by atoms with Crippen molar-refractivity contribution >= 4 is 21.2 Å². The summed E-state index contributed by atoms with van der Waals surface area (Å²) in [7, 11) is -3.73. The summed E-state index contributed by atoms with van der Waals surface area (Å²) < 4.78 is 72.0. The molecule has 6 nitrogen and oxygen atoms in total. The predicted octanol–water partition coefficient (Wildman–Crippen LogP) is 2.31. The first-order chi connectivity index (χ1) is 9.45. The number of nitro groups is 1. The van der Waals surface area contributed by atoms with Gasteiger partial charge in [-0.15, -0.1) is 0 Å². The number of benzene rings is 1. The molecule has 0 atom stereocenters. The van der Waals surface area contributed by atoms with Crippen LogP contribution in [-0.2, 0) is 9.84 Å². The number of hydrogen-bond acceptors (Lipinski definition) is 5. The highest BCUT2D eigenvalue weighted by molar-refractivity contribution is 7.90. The molecule has 0 fully saturated rings. The summed E-state index contributed by atoms with van der Waals surface area (Å²) in [6.07, 6.45) is -3.12. The summed E-state index contributed by atoms with van der Waals surface area (Å²) >= 11 is 0. The number of anilines is 1. The van der Waals surface area contributed by atoms with Gasteiger partial charge in [0.1, 0.15) is 5.69 Å². The van der Waals surface area contributed by atoms with Crippen LogP contribution in [0.3, 0.4) is 0 Å². The second-order valence-corrected chi connectivity index (χ2v) is 6.14. The van der Waals surface area contributed by atoms with Crippen molar-refractivity contribution in [1.29, 1.82) is 0 Å². The zero-order valence-corrected chi connectivity index (χ0v) is 11.3. The molecule has 1 N–H and O–H groups in total. The van der Waals surface area contributed by atoms with E-state index in [1.165, 1.54) is 0 Å². The maximum Gasteiger partial charge on any atom is 0.324 e. The van der Waals surface area contributed by atoms with E-state index in [0.29, 0.717) is 6.07 Å². The van der Waals surface area contributed by atoms with E-state index in [2.05, 4.69) is 0 Å². The van der Waals surface area contributed by atoms with Gasteiger partial charge in [0.05, 0.1) is 16.4 Å². The van der Waals surface area contributed by atoms with Gasteiger partial charge >= 0.3 is 12.3 Å². The molecule has 0 aliphatic carbocycles. The molecular weight excluding hydrogens is 320 g/mol. The summed E-state index contributed by atoms with van der Waals surface area (Å²) in [5.74, 6) is -4.37. The van der Waals surface area contributed by atoms with E-state index in [1.807, 2.05) is 5.32 Å². The van der Waals surface area contributed by atoms with Gasteiger partial charge in [-0.1, -0.05) is 0 Å². The van der Waals surface area contributed by atoms with Crippen LogP contribution in [0.5, 0.6) is 0 Å². The lowest BCUT2D eigenvalue weighted by atomic mass is 10.2. The van der Waals surface area contributed by atoms with Gasteiger partial charge in [0.25, 0.3) is 5.69 Å². The molecule has 21 heavy (non-hydrogen) atoms. The Morgan fingerprint density at radius 2 is 1.95 bits per heavy atom. The molecule has 0 amide bonds. The van der Waals surface area contributed by atoms with Gasteiger partial charge in [-0.3, -0.25) is 10.1 Å². The predicted molar refractivity (Wildman–Crippen MR) is 65.6 cm³/mol. The summed E-state index contributed by atoms with van der Waals surface area (Å²) in [5.41, 5.74) is -1.28. The van der Waals surface area contributed by atoms with Crippen LogP contribution < -0.4 is 5.32 Å². The lowest BCUT2D eigenvalue weighted by Gasteiger charge is -2.16. The highest BCUT2D eigenvalue weighted by Gasteiger charge is 2.40. The van der Waals surface area contributed by atoms with Crippen molar-refractivity contribution in [2.75, 3.05) is 18.1 Å². The maximum atomic E-state index is 12.8. The van der Waals surface area contributed by atoms with Crippen molar-refractivity contribution < 1.29 is 30.9 Å². The van der Waals surface area contributed by atoms with Gasteiger partial charge in [-0.2, -0.15) is 8.78 Å². The lowest BCUT2D eigenvalue weighted by Crippen LogP contribution is -2.34. The Labute approximate surface area is 116 Å². The van der Waals surface area contributed by atoms with E-state index in [-0.39, 0.29) is 4.90 Å². The SMILES string of the molecule is CS(=O)(=O)c1ccc(NCC(F)(F)C(F)F)c([N+](=O)[O-])c1. The standard InChI is InChI=1S/C10H10F4N2O4S/c1-21(19,20)6-2-3-7(8(4-6)16(17)18)15-5-10(13,14)9(11)12/h2-4,9,15H,5H2,1H3. The molecule has 0 heterocycles. The molecule has 1 aromatic rings. The van der Waals surface area contributed by atoms with Crippen molar-refractivity contribution in [2.45, 2.75) is 17.2 Å². The molecule has 1 aromatic carbocycles. The first kappa shape index (κ1) is 17.1. The fraction of sp³-hybridized carbons (Fsp3) is 0.400. The molecule has 0 saturated carbocycles. The molecule has 118 valence electrons. The Kier molecular flexibility index (Phi) is 4.76. The molecule has 0 unspecified atom stereocenters. The topological polar surface area (TPSA) is 89.3 Å².